The van der Waals surface area contributed by atoms with E-state index in [9.17, 15) is 9.59 Å². The van der Waals surface area contributed by atoms with E-state index >= 15 is 0 Å². The Kier molecular flexibility index (Phi) is 5.72. The van der Waals surface area contributed by atoms with Gasteiger partial charge in [-0.3, -0.25) is 10.2 Å². The van der Waals surface area contributed by atoms with Gasteiger partial charge in [-0.25, -0.2) is 4.79 Å². The summed E-state index contributed by atoms with van der Waals surface area (Å²) >= 11 is 0. The van der Waals surface area contributed by atoms with Crippen LogP contribution in [0.4, 0.5) is 0 Å². The van der Waals surface area contributed by atoms with Gasteiger partial charge in [0.05, 0.1) is 18.2 Å². The third-order valence-corrected chi connectivity index (χ3v) is 2.76. The maximum absolute atomic E-state index is 12.6. The molecule has 7 nitrogen and oxygen atoms in total. The zero-order chi connectivity index (χ0) is 17.4. The Balaban J connectivity index is 3.72. The lowest BCUT2D eigenvalue weighted by Crippen LogP contribution is -2.14. The van der Waals surface area contributed by atoms with Crippen LogP contribution in [0, 0.1) is 39.4 Å². The van der Waals surface area contributed by atoms with Gasteiger partial charge in [0.2, 0.25) is 0 Å². The molecule has 23 heavy (non-hydrogen) atoms. The summed E-state index contributed by atoms with van der Waals surface area (Å²) in [5.41, 5.74) is -2.04. The van der Waals surface area contributed by atoms with Crippen molar-refractivity contribution in [2.75, 3.05) is 7.11 Å². The number of Topliss-reactive ketones (excluding diaryl/α,β-unsaturated/α-hetero) is 1. The number of ketones is 1. The Labute approximate surface area is 131 Å². The van der Waals surface area contributed by atoms with Gasteiger partial charge < -0.3 is 4.74 Å². The molecule has 0 unspecified atom stereocenters. The molecule has 0 heterocycles. The molecule has 0 atom stereocenters. The van der Waals surface area contributed by atoms with Crippen LogP contribution in [-0.2, 0) is 4.74 Å². The fraction of sp³-hybridized carbons (Fsp3) is 0.0625. The predicted octanol–water partition coefficient (Wildman–Crippen LogP) is 1.70. The molecular weight excluding hydrogens is 296 g/mol. The summed E-state index contributed by atoms with van der Waals surface area (Å²) in [6, 6.07) is 10.1. The Morgan fingerprint density at radius 1 is 1.04 bits per heavy atom. The maximum atomic E-state index is 12.6. The van der Waals surface area contributed by atoms with Gasteiger partial charge in [0.25, 0.3) is 0 Å². The molecule has 7 heteroatoms. The van der Waals surface area contributed by atoms with E-state index in [0.717, 1.165) is 7.11 Å². The van der Waals surface area contributed by atoms with E-state index in [1.54, 1.807) is 5.87 Å². The van der Waals surface area contributed by atoms with Crippen LogP contribution in [-0.4, -0.2) is 24.7 Å². The van der Waals surface area contributed by atoms with Crippen molar-refractivity contribution in [2.45, 2.75) is 0 Å². The highest BCUT2D eigenvalue weighted by Gasteiger charge is 2.26. The summed E-state index contributed by atoms with van der Waals surface area (Å²) in [5, 5.41) is 34.0. The van der Waals surface area contributed by atoms with Crippen molar-refractivity contribution in [2.24, 2.45) is 0 Å². The summed E-state index contributed by atoms with van der Waals surface area (Å²) in [5.74, 6) is 0.0158. The van der Waals surface area contributed by atoms with Crippen molar-refractivity contribution in [3.63, 3.8) is 0 Å². The summed E-state index contributed by atoms with van der Waals surface area (Å²) in [6.07, 6.45) is 0. The van der Waals surface area contributed by atoms with Crippen molar-refractivity contribution in [1.82, 2.24) is 0 Å². The molecule has 1 N–H and O–H groups in total. The van der Waals surface area contributed by atoms with E-state index in [2.05, 4.69) is 4.74 Å². The molecule has 0 bridgehead atoms. The molecule has 110 valence electrons. The number of nitrogens with zero attached hydrogens (tertiary/aromatic N) is 3. The number of methoxy groups -OCH3 is 1. The van der Waals surface area contributed by atoms with Crippen molar-refractivity contribution in [3.05, 3.63) is 52.1 Å². The van der Waals surface area contributed by atoms with Crippen molar-refractivity contribution in [1.29, 1.82) is 21.2 Å². The van der Waals surface area contributed by atoms with Gasteiger partial charge in [0.15, 0.2) is 5.78 Å². The Morgan fingerprint density at radius 2 is 1.61 bits per heavy atom. The highest BCUT2D eigenvalue weighted by molar-refractivity contribution is 6.18. The first kappa shape index (κ1) is 17.1. The number of rotatable bonds is 4. The van der Waals surface area contributed by atoms with Crippen molar-refractivity contribution >= 4 is 17.6 Å². The van der Waals surface area contributed by atoms with Crippen LogP contribution in [0.15, 0.2) is 41.0 Å². The molecule has 1 rings (SSSR count). The van der Waals surface area contributed by atoms with E-state index in [4.69, 9.17) is 21.2 Å². The van der Waals surface area contributed by atoms with Crippen LogP contribution in [0.5, 0.6) is 0 Å². The Bertz CT molecular complexity index is 869. The monoisotopic (exact) mass is 304 g/mol. The number of hydrogen-bond acceptors (Lipinski definition) is 7. The minimum atomic E-state index is -0.916. The second kappa shape index (κ2) is 7.71. The molecular formula is C16H8N4O3. The normalized spacial score (nSPS) is 8.43. The Hall–Kier alpha value is -3.98. The zero-order valence-electron chi connectivity index (χ0n) is 11.9. The standard InChI is InChI=1S/C16H8N4O3/c1-23-16(22)13-5-3-2-4-12(13)15(21)14(10(6-17)7-18)11(8-19)9-20/h2-5,17H,1H3. The van der Waals surface area contributed by atoms with Crippen LogP contribution in [0.1, 0.15) is 20.7 Å². The molecule has 0 amide bonds. The predicted molar refractivity (Wildman–Crippen MR) is 77.2 cm³/mol. The lowest BCUT2D eigenvalue weighted by atomic mass is 9.91. The highest BCUT2D eigenvalue weighted by atomic mass is 16.5. The molecule has 1 aromatic carbocycles. The third kappa shape index (κ3) is 3.37. The SMILES string of the molecule is COC(=O)c1ccccc1C(=O)C(C(=C=N)C#N)=C(C#N)C#N. The zero-order valence-corrected chi connectivity index (χ0v) is 11.9. The number of ether oxygens (including phenoxy) is 1. The molecule has 0 fully saturated rings. The summed E-state index contributed by atoms with van der Waals surface area (Å²) < 4.78 is 4.57. The second-order valence-corrected chi connectivity index (χ2v) is 3.95. The van der Waals surface area contributed by atoms with Gasteiger partial charge >= 0.3 is 5.97 Å². The summed E-state index contributed by atoms with van der Waals surface area (Å²) in [7, 11) is 1.13. The van der Waals surface area contributed by atoms with E-state index in [-0.39, 0.29) is 11.1 Å². The molecule has 0 aromatic heterocycles. The summed E-state index contributed by atoms with van der Waals surface area (Å²) in [6.45, 7) is 0. The molecule has 0 saturated carbocycles. The molecule has 1 aromatic rings. The molecule has 0 aliphatic carbocycles. The second-order valence-electron chi connectivity index (χ2n) is 3.95. The molecule has 0 saturated heterocycles. The largest absolute Gasteiger partial charge is 0.465 e. The third-order valence-electron chi connectivity index (χ3n) is 2.76. The van der Waals surface area contributed by atoms with Gasteiger partial charge in [0.1, 0.15) is 29.4 Å². The smallest absolute Gasteiger partial charge is 0.338 e. The average Bonchev–Trinajstić information content (AvgIpc) is 2.60. The number of benzene rings is 1. The average molecular weight is 304 g/mol. The fourth-order valence-electron chi connectivity index (χ4n) is 1.74. The van der Waals surface area contributed by atoms with Crippen LogP contribution >= 0.6 is 0 Å². The fourth-order valence-corrected chi connectivity index (χ4v) is 1.74. The number of hydrogen-bond donors (Lipinski definition) is 1. The molecule has 0 spiro atoms. The molecule has 0 aliphatic rings. The topological polar surface area (TPSA) is 139 Å². The number of carbonyl (C=O) groups excluding carboxylic acids is 2. The van der Waals surface area contributed by atoms with Crippen LogP contribution < -0.4 is 0 Å². The number of allylic oxidation sites excluding steroid dienone is 3. The first-order chi connectivity index (χ1) is 11.0. The van der Waals surface area contributed by atoms with Crippen LogP contribution in [0.3, 0.4) is 0 Å². The van der Waals surface area contributed by atoms with Gasteiger partial charge in [0, 0.05) is 5.56 Å². The van der Waals surface area contributed by atoms with Gasteiger partial charge in [-0.05, 0) is 11.9 Å². The van der Waals surface area contributed by atoms with Crippen LogP contribution in [0.2, 0.25) is 0 Å². The lowest BCUT2D eigenvalue weighted by molar-refractivity contribution is 0.0597. The first-order valence-corrected chi connectivity index (χ1v) is 6.02. The molecule has 0 radical (unpaired) electrons. The number of nitrogens with one attached hydrogen (secondary N) is 1. The van der Waals surface area contributed by atoms with E-state index in [1.807, 2.05) is 0 Å². The molecule has 0 aliphatic heterocycles. The van der Waals surface area contributed by atoms with Crippen LogP contribution in [0.25, 0.3) is 0 Å². The number of carbonyl (C=O) groups is 2. The van der Waals surface area contributed by atoms with E-state index in [0.29, 0.717) is 0 Å². The van der Waals surface area contributed by atoms with Gasteiger partial charge in [-0.1, -0.05) is 18.2 Å². The van der Waals surface area contributed by atoms with Gasteiger partial charge in [-0.2, -0.15) is 15.8 Å². The minimum Gasteiger partial charge on any atom is -0.465 e. The number of esters is 1. The lowest BCUT2D eigenvalue weighted by Gasteiger charge is -2.08. The Morgan fingerprint density at radius 3 is 2.04 bits per heavy atom. The van der Waals surface area contributed by atoms with E-state index in [1.165, 1.54) is 42.5 Å². The quantitative estimate of drug-likeness (QED) is 0.224. The van der Waals surface area contributed by atoms with Gasteiger partial charge in [-0.15, -0.1) is 0 Å². The number of nitriles is 3. The minimum absolute atomic E-state index is 0.0880. The maximum Gasteiger partial charge on any atom is 0.338 e. The summed E-state index contributed by atoms with van der Waals surface area (Å²) in [4.78, 5) is 24.4. The first-order valence-electron chi connectivity index (χ1n) is 6.02. The highest BCUT2D eigenvalue weighted by Crippen LogP contribution is 2.21. The van der Waals surface area contributed by atoms with Crippen molar-refractivity contribution < 1.29 is 14.3 Å². The van der Waals surface area contributed by atoms with Crippen molar-refractivity contribution in [3.8, 4) is 18.2 Å². The van der Waals surface area contributed by atoms with E-state index < -0.39 is 28.5 Å².